The van der Waals surface area contributed by atoms with Gasteiger partial charge in [0.15, 0.2) is 0 Å². The van der Waals surface area contributed by atoms with Crippen LogP contribution in [0, 0.1) is 0 Å². The van der Waals surface area contributed by atoms with Crippen molar-refractivity contribution in [2.45, 2.75) is 25.0 Å². The molecular weight excluding hydrogens is 330 g/mol. The Labute approximate surface area is 145 Å². The van der Waals surface area contributed by atoms with E-state index in [4.69, 9.17) is 20.8 Å². The molecule has 6 heteroatoms. The van der Waals surface area contributed by atoms with E-state index < -0.39 is 6.10 Å². The molecule has 0 unspecified atom stereocenters. The van der Waals surface area contributed by atoms with Crippen molar-refractivity contribution >= 4 is 17.5 Å². The summed E-state index contributed by atoms with van der Waals surface area (Å²) in [6, 6.07) is 10.6. The van der Waals surface area contributed by atoms with Gasteiger partial charge in [-0.3, -0.25) is 4.79 Å². The second-order valence-corrected chi connectivity index (χ2v) is 6.33. The Bertz CT molecular complexity index is 673. The van der Waals surface area contributed by atoms with Crippen LogP contribution in [0.4, 0.5) is 0 Å². The Kier molecular flexibility index (Phi) is 5.56. The molecule has 24 heavy (non-hydrogen) atoms. The van der Waals surface area contributed by atoms with E-state index in [-0.39, 0.29) is 18.4 Å². The molecule has 0 spiro atoms. The van der Waals surface area contributed by atoms with Gasteiger partial charge in [0.2, 0.25) is 5.91 Å². The normalized spacial score (nSPS) is 19.2. The molecule has 2 heterocycles. The summed E-state index contributed by atoms with van der Waals surface area (Å²) in [7, 11) is 0. The fourth-order valence-corrected chi connectivity index (χ4v) is 3.17. The van der Waals surface area contributed by atoms with Crippen molar-refractivity contribution in [3.8, 4) is 0 Å². The van der Waals surface area contributed by atoms with Crippen LogP contribution in [0.5, 0.6) is 0 Å². The molecule has 1 amide bonds. The predicted octanol–water partition coefficient (Wildman–Crippen LogP) is 2.83. The molecule has 3 rings (SSSR count). The number of aliphatic hydroxyl groups is 1. The van der Waals surface area contributed by atoms with Crippen LogP contribution in [0.2, 0.25) is 5.02 Å². The van der Waals surface area contributed by atoms with Crippen LogP contribution < -0.4 is 0 Å². The molecule has 1 aromatic carbocycles. The van der Waals surface area contributed by atoms with Crippen LogP contribution in [-0.4, -0.2) is 41.7 Å². The van der Waals surface area contributed by atoms with Crippen molar-refractivity contribution in [1.29, 1.82) is 0 Å². The van der Waals surface area contributed by atoms with E-state index in [9.17, 15) is 9.90 Å². The maximum Gasteiger partial charge on any atom is 0.227 e. The number of rotatable bonds is 5. The summed E-state index contributed by atoms with van der Waals surface area (Å²) < 4.78 is 10.7. The summed E-state index contributed by atoms with van der Waals surface area (Å²) in [5.41, 5.74) is 0.879. The molecule has 1 aliphatic heterocycles. The van der Waals surface area contributed by atoms with Crippen LogP contribution in [0.25, 0.3) is 0 Å². The van der Waals surface area contributed by atoms with Crippen molar-refractivity contribution in [3.63, 3.8) is 0 Å². The lowest BCUT2D eigenvalue weighted by Crippen LogP contribution is -2.49. The van der Waals surface area contributed by atoms with Gasteiger partial charge in [-0.15, -0.1) is 0 Å². The molecule has 1 N–H and O–H groups in total. The molecule has 1 aromatic heterocycles. The third kappa shape index (κ3) is 4.17. The highest BCUT2D eigenvalue weighted by Crippen LogP contribution is 2.23. The minimum atomic E-state index is -0.756. The van der Waals surface area contributed by atoms with Crippen molar-refractivity contribution in [2.75, 3.05) is 19.8 Å². The number of morpholine rings is 1. The van der Waals surface area contributed by atoms with Crippen molar-refractivity contribution in [3.05, 3.63) is 59.0 Å². The number of hydrogen-bond acceptors (Lipinski definition) is 4. The van der Waals surface area contributed by atoms with E-state index in [0.717, 1.165) is 5.56 Å². The fourth-order valence-electron chi connectivity index (χ4n) is 2.96. The molecule has 0 bridgehead atoms. The molecule has 1 saturated heterocycles. The lowest BCUT2D eigenvalue weighted by atomic mass is 10.0. The maximum absolute atomic E-state index is 12.7. The first-order chi connectivity index (χ1) is 11.6. The monoisotopic (exact) mass is 349 g/mol. The Morgan fingerprint density at radius 2 is 2.25 bits per heavy atom. The number of furan rings is 1. The number of aliphatic hydroxyl groups excluding tert-OH is 1. The topological polar surface area (TPSA) is 62.9 Å². The van der Waals surface area contributed by atoms with E-state index in [1.807, 2.05) is 12.1 Å². The highest BCUT2D eigenvalue weighted by atomic mass is 35.5. The molecule has 2 atom stereocenters. The standard InChI is InChI=1S/C18H20ClNO4/c19-14-4-1-3-13(9-14)10-18(22)20-6-8-23-12-15(20)11-16(21)17-5-2-7-24-17/h1-5,7,9,15-16,21H,6,8,10-12H2/t15-,16+/m0/s1. The number of carbonyl (C=O) groups excluding carboxylic acids is 1. The second kappa shape index (κ2) is 7.83. The SMILES string of the molecule is O=C(Cc1cccc(Cl)c1)N1CCOC[C@@H]1C[C@@H](O)c1ccco1. The summed E-state index contributed by atoms with van der Waals surface area (Å²) in [6.07, 6.45) is 1.44. The van der Waals surface area contributed by atoms with Crippen LogP contribution in [0.15, 0.2) is 47.1 Å². The van der Waals surface area contributed by atoms with Gasteiger partial charge in [0.1, 0.15) is 11.9 Å². The van der Waals surface area contributed by atoms with Gasteiger partial charge in [0, 0.05) is 18.0 Å². The largest absolute Gasteiger partial charge is 0.467 e. The van der Waals surface area contributed by atoms with Gasteiger partial charge in [0.25, 0.3) is 0 Å². The zero-order chi connectivity index (χ0) is 16.9. The first-order valence-corrected chi connectivity index (χ1v) is 8.34. The van der Waals surface area contributed by atoms with Crippen LogP contribution in [0.3, 0.4) is 0 Å². The van der Waals surface area contributed by atoms with Crippen LogP contribution in [0.1, 0.15) is 23.8 Å². The summed E-state index contributed by atoms with van der Waals surface area (Å²) in [6.45, 7) is 1.45. The third-order valence-corrected chi connectivity index (χ3v) is 4.39. The van der Waals surface area contributed by atoms with E-state index in [1.54, 1.807) is 29.2 Å². The van der Waals surface area contributed by atoms with E-state index in [0.29, 0.717) is 37.0 Å². The number of amides is 1. The molecule has 0 radical (unpaired) electrons. The Morgan fingerprint density at radius 1 is 1.38 bits per heavy atom. The minimum Gasteiger partial charge on any atom is -0.467 e. The van der Waals surface area contributed by atoms with Crippen molar-refractivity contribution < 1.29 is 19.1 Å². The Morgan fingerprint density at radius 3 is 3.00 bits per heavy atom. The van der Waals surface area contributed by atoms with Crippen LogP contribution in [-0.2, 0) is 16.0 Å². The number of carbonyl (C=O) groups is 1. The zero-order valence-corrected chi connectivity index (χ0v) is 14.0. The fraction of sp³-hybridized carbons (Fsp3) is 0.389. The number of hydrogen-bond donors (Lipinski definition) is 1. The average Bonchev–Trinajstić information content (AvgIpc) is 3.10. The molecule has 128 valence electrons. The van der Waals surface area contributed by atoms with E-state index in [2.05, 4.69) is 0 Å². The van der Waals surface area contributed by atoms with Gasteiger partial charge < -0.3 is 19.2 Å². The van der Waals surface area contributed by atoms with Gasteiger partial charge in [0.05, 0.1) is 31.9 Å². The summed E-state index contributed by atoms with van der Waals surface area (Å²) >= 11 is 5.98. The molecule has 0 aliphatic carbocycles. The zero-order valence-electron chi connectivity index (χ0n) is 13.2. The third-order valence-electron chi connectivity index (χ3n) is 4.16. The number of ether oxygens (including phenoxy) is 1. The molecule has 1 fully saturated rings. The van der Waals surface area contributed by atoms with Gasteiger partial charge in [-0.05, 0) is 29.8 Å². The highest BCUT2D eigenvalue weighted by molar-refractivity contribution is 6.30. The number of benzene rings is 1. The number of nitrogens with zero attached hydrogens (tertiary/aromatic N) is 1. The average molecular weight is 350 g/mol. The van der Waals surface area contributed by atoms with Crippen LogP contribution >= 0.6 is 11.6 Å². The molecule has 1 aliphatic rings. The Hall–Kier alpha value is -1.82. The van der Waals surface area contributed by atoms with Gasteiger partial charge in [-0.2, -0.15) is 0 Å². The van der Waals surface area contributed by atoms with E-state index in [1.165, 1.54) is 6.26 Å². The first kappa shape index (κ1) is 17.0. The Balaban J connectivity index is 1.66. The smallest absolute Gasteiger partial charge is 0.227 e. The second-order valence-electron chi connectivity index (χ2n) is 5.89. The van der Waals surface area contributed by atoms with Gasteiger partial charge in [-0.25, -0.2) is 0 Å². The molecule has 0 saturated carbocycles. The van der Waals surface area contributed by atoms with E-state index >= 15 is 0 Å². The van der Waals surface area contributed by atoms with Gasteiger partial charge in [-0.1, -0.05) is 23.7 Å². The number of halogens is 1. The molecule has 2 aromatic rings. The first-order valence-electron chi connectivity index (χ1n) is 7.96. The highest BCUT2D eigenvalue weighted by Gasteiger charge is 2.30. The summed E-state index contributed by atoms with van der Waals surface area (Å²) in [5, 5.41) is 10.9. The van der Waals surface area contributed by atoms with Crippen molar-refractivity contribution in [1.82, 2.24) is 4.90 Å². The minimum absolute atomic E-state index is 0.0113. The lowest BCUT2D eigenvalue weighted by Gasteiger charge is -2.36. The van der Waals surface area contributed by atoms with Crippen molar-refractivity contribution in [2.24, 2.45) is 0 Å². The molecule has 5 nitrogen and oxygen atoms in total. The summed E-state index contributed by atoms with van der Waals surface area (Å²) in [4.78, 5) is 14.5. The lowest BCUT2D eigenvalue weighted by molar-refractivity contribution is -0.140. The maximum atomic E-state index is 12.7. The molecular formula is C18H20ClNO4. The quantitative estimate of drug-likeness (QED) is 0.901. The van der Waals surface area contributed by atoms with Gasteiger partial charge >= 0.3 is 0 Å². The predicted molar refractivity (Wildman–Crippen MR) is 89.8 cm³/mol. The summed E-state index contributed by atoms with van der Waals surface area (Å²) in [5.74, 6) is 0.514.